The molecule has 128 valence electrons. The number of imide groups is 1. The number of hydrogen-bond acceptors (Lipinski definition) is 4. The van der Waals surface area contributed by atoms with Gasteiger partial charge in [0.05, 0.1) is 11.8 Å². The number of carbonyl (C=O) groups excluding carboxylic acids is 3. The van der Waals surface area contributed by atoms with Crippen LogP contribution in [0.4, 0.5) is 0 Å². The fraction of sp³-hybridized carbons (Fsp3) is 0.556. The van der Waals surface area contributed by atoms with E-state index in [0.29, 0.717) is 13.0 Å². The van der Waals surface area contributed by atoms with Gasteiger partial charge in [-0.1, -0.05) is 18.9 Å². The fourth-order valence-electron chi connectivity index (χ4n) is 3.65. The number of likely N-dealkylation sites (tertiary alicyclic amines) is 1. The Morgan fingerprint density at radius 3 is 2.54 bits per heavy atom. The quantitative estimate of drug-likeness (QED) is 0.798. The first-order chi connectivity index (χ1) is 11.7. The van der Waals surface area contributed by atoms with E-state index in [4.69, 9.17) is 0 Å². The minimum Gasteiger partial charge on any atom is -0.356 e. The number of aromatic nitrogens is 1. The van der Waals surface area contributed by atoms with Gasteiger partial charge in [0.15, 0.2) is 0 Å². The molecule has 6 nitrogen and oxygen atoms in total. The van der Waals surface area contributed by atoms with E-state index in [0.717, 1.165) is 31.2 Å². The van der Waals surface area contributed by atoms with Crippen LogP contribution in [0.2, 0.25) is 0 Å². The Morgan fingerprint density at radius 1 is 1.21 bits per heavy atom. The Balaban J connectivity index is 1.42. The molecule has 1 aromatic rings. The molecule has 1 aliphatic carbocycles. The standard InChI is InChI=1S/C18H23N3O3/c22-16(20-10-7-13-4-3-9-19-12-13)8-11-21-17(23)14-5-1-2-6-15(14)18(21)24/h3-4,9,12,14-15H,1-2,5-8,10-11H2,(H,20,22)/t14-,15-/m1/s1. The van der Waals surface area contributed by atoms with Crippen LogP contribution in [-0.2, 0) is 20.8 Å². The first-order valence-electron chi connectivity index (χ1n) is 8.67. The lowest BCUT2D eigenvalue weighted by atomic mass is 9.81. The average Bonchev–Trinajstić information content (AvgIpc) is 2.85. The van der Waals surface area contributed by atoms with Gasteiger partial charge >= 0.3 is 0 Å². The Morgan fingerprint density at radius 2 is 1.92 bits per heavy atom. The van der Waals surface area contributed by atoms with Gasteiger partial charge in [-0.3, -0.25) is 24.3 Å². The Bertz CT molecular complexity index is 593. The maximum atomic E-state index is 12.3. The lowest BCUT2D eigenvalue weighted by molar-refractivity contribution is -0.140. The topological polar surface area (TPSA) is 79.4 Å². The average molecular weight is 329 g/mol. The van der Waals surface area contributed by atoms with Crippen molar-refractivity contribution in [3.05, 3.63) is 30.1 Å². The number of hydrogen-bond donors (Lipinski definition) is 1. The summed E-state index contributed by atoms with van der Waals surface area (Å²) < 4.78 is 0. The fourth-order valence-corrected chi connectivity index (χ4v) is 3.65. The molecule has 0 aromatic carbocycles. The summed E-state index contributed by atoms with van der Waals surface area (Å²) in [5.74, 6) is -0.560. The second-order valence-electron chi connectivity index (χ2n) is 6.54. The Kier molecular flexibility index (Phi) is 5.23. The normalized spacial score (nSPS) is 23.2. The predicted octanol–water partition coefficient (Wildman–Crippen LogP) is 1.31. The zero-order chi connectivity index (χ0) is 16.9. The van der Waals surface area contributed by atoms with Gasteiger partial charge in [0.25, 0.3) is 0 Å². The van der Waals surface area contributed by atoms with Crippen LogP contribution in [0, 0.1) is 11.8 Å². The second kappa shape index (κ2) is 7.55. The minimum absolute atomic E-state index is 0.0761. The Labute approximate surface area is 141 Å². The third-order valence-electron chi connectivity index (χ3n) is 4.95. The van der Waals surface area contributed by atoms with Crippen molar-refractivity contribution in [2.45, 2.75) is 38.5 Å². The summed E-state index contributed by atoms with van der Waals surface area (Å²) in [5, 5.41) is 2.83. The molecule has 0 spiro atoms. The van der Waals surface area contributed by atoms with Gasteiger partial charge in [-0.05, 0) is 30.9 Å². The number of rotatable bonds is 6. The van der Waals surface area contributed by atoms with Crippen LogP contribution in [0.5, 0.6) is 0 Å². The van der Waals surface area contributed by atoms with Crippen LogP contribution in [0.15, 0.2) is 24.5 Å². The third-order valence-corrected chi connectivity index (χ3v) is 4.95. The summed E-state index contributed by atoms with van der Waals surface area (Å²) in [7, 11) is 0. The van der Waals surface area contributed by atoms with Gasteiger partial charge in [-0.25, -0.2) is 0 Å². The molecule has 2 fully saturated rings. The molecule has 1 aromatic heterocycles. The third kappa shape index (κ3) is 3.63. The molecule has 2 atom stereocenters. The summed E-state index contributed by atoms with van der Waals surface area (Å²) in [6.07, 6.45) is 8.02. The highest BCUT2D eigenvalue weighted by molar-refractivity contribution is 6.05. The van der Waals surface area contributed by atoms with Crippen molar-refractivity contribution in [1.29, 1.82) is 0 Å². The molecule has 0 unspecified atom stereocenters. The zero-order valence-electron chi connectivity index (χ0n) is 13.7. The van der Waals surface area contributed by atoms with Crippen molar-refractivity contribution >= 4 is 17.7 Å². The number of nitrogens with zero attached hydrogens (tertiary/aromatic N) is 2. The maximum absolute atomic E-state index is 12.3. The summed E-state index contributed by atoms with van der Waals surface area (Å²) in [6.45, 7) is 0.723. The van der Waals surface area contributed by atoms with E-state index in [2.05, 4.69) is 10.3 Å². The van der Waals surface area contributed by atoms with Crippen molar-refractivity contribution in [2.75, 3.05) is 13.1 Å². The first-order valence-corrected chi connectivity index (χ1v) is 8.67. The highest BCUT2D eigenvalue weighted by atomic mass is 16.2. The van der Waals surface area contributed by atoms with Gasteiger partial charge < -0.3 is 5.32 Å². The molecule has 1 N–H and O–H groups in total. The number of carbonyl (C=O) groups is 3. The molecule has 0 radical (unpaired) electrons. The molecule has 24 heavy (non-hydrogen) atoms. The lowest BCUT2D eigenvalue weighted by Gasteiger charge is -2.19. The van der Waals surface area contributed by atoms with Gasteiger partial charge in [-0.15, -0.1) is 0 Å². The van der Waals surface area contributed by atoms with Crippen LogP contribution in [0.3, 0.4) is 0 Å². The monoisotopic (exact) mass is 329 g/mol. The molecule has 3 amide bonds. The molecular weight excluding hydrogens is 306 g/mol. The van der Waals surface area contributed by atoms with E-state index in [9.17, 15) is 14.4 Å². The molecule has 6 heteroatoms. The highest BCUT2D eigenvalue weighted by Gasteiger charge is 2.47. The van der Waals surface area contributed by atoms with Crippen LogP contribution >= 0.6 is 0 Å². The van der Waals surface area contributed by atoms with Gasteiger partial charge in [-0.2, -0.15) is 0 Å². The summed E-state index contributed by atoms with van der Waals surface area (Å²) in [4.78, 5) is 41.9. The van der Waals surface area contributed by atoms with Crippen LogP contribution in [0.25, 0.3) is 0 Å². The summed E-state index contributed by atoms with van der Waals surface area (Å²) in [6, 6.07) is 3.82. The zero-order valence-corrected chi connectivity index (χ0v) is 13.7. The van der Waals surface area contributed by atoms with E-state index in [-0.39, 0.29) is 42.5 Å². The molecule has 2 heterocycles. The smallest absolute Gasteiger partial charge is 0.233 e. The lowest BCUT2D eigenvalue weighted by Crippen LogP contribution is -2.35. The van der Waals surface area contributed by atoms with Crippen LogP contribution in [-0.4, -0.2) is 40.7 Å². The van der Waals surface area contributed by atoms with Gasteiger partial charge in [0, 0.05) is 31.9 Å². The largest absolute Gasteiger partial charge is 0.356 e. The molecule has 0 bridgehead atoms. The molecule has 1 aliphatic heterocycles. The molecule has 1 saturated heterocycles. The SMILES string of the molecule is O=C(CCN1C(=O)[C@@H]2CCCC[C@H]2C1=O)NCCc1cccnc1. The second-order valence-corrected chi connectivity index (χ2v) is 6.54. The van der Waals surface area contributed by atoms with E-state index < -0.39 is 0 Å². The van der Waals surface area contributed by atoms with Crippen molar-refractivity contribution in [1.82, 2.24) is 15.2 Å². The van der Waals surface area contributed by atoms with E-state index >= 15 is 0 Å². The maximum Gasteiger partial charge on any atom is 0.233 e. The van der Waals surface area contributed by atoms with E-state index in [1.807, 2.05) is 12.1 Å². The van der Waals surface area contributed by atoms with Crippen LogP contribution < -0.4 is 5.32 Å². The van der Waals surface area contributed by atoms with Gasteiger partial charge in [0.1, 0.15) is 0 Å². The summed E-state index contributed by atoms with van der Waals surface area (Å²) in [5.41, 5.74) is 1.06. The van der Waals surface area contributed by atoms with Crippen molar-refractivity contribution in [2.24, 2.45) is 11.8 Å². The molecule has 2 aliphatic rings. The molecule has 1 saturated carbocycles. The number of amides is 3. The number of pyridine rings is 1. The summed E-state index contributed by atoms with van der Waals surface area (Å²) >= 11 is 0. The number of nitrogens with one attached hydrogen (secondary N) is 1. The van der Waals surface area contributed by atoms with E-state index in [1.165, 1.54) is 4.90 Å². The number of fused-ring (bicyclic) bond motifs is 1. The van der Waals surface area contributed by atoms with Crippen molar-refractivity contribution in [3.63, 3.8) is 0 Å². The van der Waals surface area contributed by atoms with Crippen LogP contribution in [0.1, 0.15) is 37.7 Å². The molecular formula is C18H23N3O3. The van der Waals surface area contributed by atoms with Crippen molar-refractivity contribution < 1.29 is 14.4 Å². The Hall–Kier alpha value is -2.24. The van der Waals surface area contributed by atoms with Gasteiger partial charge in [0.2, 0.25) is 17.7 Å². The minimum atomic E-state index is -0.139. The highest BCUT2D eigenvalue weighted by Crippen LogP contribution is 2.37. The molecule has 3 rings (SSSR count). The van der Waals surface area contributed by atoms with Crippen molar-refractivity contribution in [3.8, 4) is 0 Å². The first kappa shape index (κ1) is 16.6. The predicted molar refractivity (Wildman–Crippen MR) is 87.7 cm³/mol. The van der Waals surface area contributed by atoms with E-state index in [1.54, 1.807) is 12.4 Å².